The van der Waals surface area contributed by atoms with Crippen LogP contribution in [0.3, 0.4) is 0 Å². The lowest BCUT2D eigenvalue weighted by Gasteiger charge is -2.08. The molecule has 0 aliphatic rings. The van der Waals surface area contributed by atoms with Crippen molar-refractivity contribution in [2.45, 2.75) is 26.7 Å². The molecule has 0 saturated carbocycles. The number of halogens is 1. The minimum Gasteiger partial charge on any atom is -0.306 e. The summed E-state index contributed by atoms with van der Waals surface area (Å²) in [6.45, 7) is 6.25. The van der Waals surface area contributed by atoms with E-state index < -0.39 is 0 Å². The maximum Gasteiger partial charge on any atom is 0.138 e. The van der Waals surface area contributed by atoms with Gasteiger partial charge in [0.25, 0.3) is 0 Å². The Bertz CT molecular complexity index is 471. The number of rotatable bonds is 1. The molecule has 0 fully saturated rings. The van der Waals surface area contributed by atoms with Crippen LogP contribution in [-0.2, 0) is 0 Å². The number of nitrogens with zero attached hydrogens (tertiary/aromatic N) is 2. The number of imidazole rings is 1. The number of hydrogen-bond acceptors (Lipinski definition) is 1. The average Bonchev–Trinajstić information content (AvgIpc) is 2.42. The molecule has 3 heteroatoms. The summed E-state index contributed by atoms with van der Waals surface area (Å²) in [6.07, 6.45) is 4.07. The number of pyridine rings is 1. The number of aromatic nitrogens is 2. The maximum atomic E-state index is 6.15. The SMILES string of the molecule is Cc1cn2cc(C(C)C)c(Cl)cc2n1. The van der Waals surface area contributed by atoms with Crippen molar-refractivity contribution in [1.29, 1.82) is 0 Å². The maximum absolute atomic E-state index is 6.15. The van der Waals surface area contributed by atoms with Crippen molar-refractivity contribution < 1.29 is 0 Å². The Balaban J connectivity index is 2.70. The second-order valence-corrected chi connectivity index (χ2v) is 4.29. The lowest BCUT2D eigenvalue weighted by Crippen LogP contribution is -1.93. The molecule has 14 heavy (non-hydrogen) atoms. The summed E-state index contributed by atoms with van der Waals surface area (Å²) in [5.74, 6) is 0.439. The zero-order valence-corrected chi connectivity index (χ0v) is 9.34. The van der Waals surface area contributed by atoms with E-state index in [1.165, 1.54) is 0 Å². The Kier molecular flexibility index (Phi) is 2.23. The van der Waals surface area contributed by atoms with E-state index in [0.717, 1.165) is 21.9 Å². The van der Waals surface area contributed by atoms with Crippen LogP contribution in [0.25, 0.3) is 5.65 Å². The molecule has 2 heterocycles. The summed E-state index contributed by atoms with van der Waals surface area (Å²) in [6, 6.07) is 1.92. The van der Waals surface area contributed by atoms with E-state index in [4.69, 9.17) is 11.6 Å². The van der Waals surface area contributed by atoms with E-state index in [1.54, 1.807) is 0 Å². The topological polar surface area (TPSA) is 17.3 Å². The highest BCUT2D eigenvalue weighted by atomic mass is 35.5. The lowest BCUT2D eigenvalue weighted by molar-refractivity contribution is 0.854. The van der Waals surface area contributed by atoms with E-state index in [1.807, 2.05) is 23.6 Å². The van der Waals surface area contributed by atoms with Gasteiger partial charge in [0.15, 0.2) is 0 Å². The molecule has 2 aromatic heterocycles. The normalized spacial score (nSPS) is 11.5. The molecule has 0 amide bonds. The van der Waals surface area contributed by atoms with Gasteiger partial charge in [-0.15, -0.1) is 0 Å². The van der Waals surface area contributed by atoms with Crippen LogP contribution >= 0.6 is 11.6 Å². The second-order valence-electron chi connectivity index (χ2n) is 3.88. The Labute approximate surface area is 88.5 Å². The van der Waals surface area contributed by atoms with Gasteiger partial charge in [-0.1, -0.05) is 25.4 Å². The zero-order valence-electron chi connectivity index (χ0n) is 8.58. The molecule has 0 saturated heterocycles. The molecular weight excluding hydrogens is 196 g/mol. The summed E-state index contributed by atoms with van der Waals surface area (Å²) in [5.41, 5.74) is 3.09. The standard InChI is InChI=1S/C11H13ClN2/c1-7(2)9-6-14-5-8(3)13-11(14)4-10(9)12/h4-7H,1-3H3. The second kappa shape index (κ2) is 3.28. The molecule has 0 bridgehead atoms. The first kappa shape index (κ1) is 9.53. The molecule has 0 aliphatic carbocycles. The van der Waals surface area contributed by atoms with Crippen molar-refractivity contribution in [1.82, 2.24) is 9.38 Å². The molecule has 2 rings (SSSR count). The van der Waals surface area contributed by atoms with Gasteiger partial charge in [-0.2, -0.15) is 0 Å². The summed E-state index contributed by atoms with van der Waals surface area (Å²) < 4.78 is 2.02. The third kappa shape index (κ3) is 1.50. The summed E-state index contributed by atoms with van der Waals surface area (Å²) >= 11 is 6.15. The van der Waals surface area contributed by atoms with Gasteiger partial charge < -0.3 is 4.40 Å². The molecule has 2 nitrogen and oxygen atoms in total. The fourth-order valence-corrected chi connectivity index (χ4v) is 1.94. The van der Waals surface area contributed by atoms with Crippen LogP contribution in [0.1, 0.15) is 31.0 Å². The van der Waals surface area contributed by atoms with E-state index >= 15 is 0 Å². The van der Waals surface area contributed by atoms with Crippen molar-refractivity contribution in [3.8, 4) is 0 Å². The minimum atomic E-state index is 0.439. The Morgan fingerprint density at radius 2 is 2.07 bits per heavy atom. The fourth-order valence-electron chi connectivity index (χ4n) is 1.58. The van der Waals surface area contributed by atoms with Crippen molar-refractivity contribution >= 4 is 17.2 Å². The highest BCUT2D eigenvalue weighted by Crippen LogP contribution is 2.25. The van der Waals surface area contributed by atoms with Gasteiger partial charge in [-0.05, 0) is 18.4 Å². The van der Waals surface area contributed by atoms with Gasteiger partial charge in [-0.3, -0.25) is 0 Å². The van der Waals surface area contributed by atoms with Crippen LogP contribution in [0.15, 0.2) is 18.5 Å². The van der Waals surface area contributed by atoms with Crippen LogP contribution in [0.5, 0.6) is 0 Å². The quantitative estimate of drug-likeness (QED) is 0.702. The predicted molar refractivity (Wildman–Crippen MR) is 59.0 cm³/mol. The van der Waals surface area contributed by atoms with Crippen LogP contribution in [0.2, 0.25) is 5.02 Å². The Morgan fingerprint density at radius 3 is 2.71 bits per heavy atom. The largest absolute Gasteiger partial charge is 0.306 e. The predicted octanol–water partition coefficient (Wildman–Crippen LogP) is 3.42. The van der Waals surface area contributed by atoms with Crippen molar-refractivity contribution in [2.75, 3.05) is 0 Å². The smallest absolute Gasteiger partial charge is 0.138 e. The molecule has 0 spiro atoms. The number of aryl methyl sites for hydroxylation is 1. The molecule has 0 radical (unpaired) electrons. The molecule has 0 unspecified atom stereocenters. The fraction of sp³-hybridized carbons (Fsp3) is 0.364. The first-order valence-electron chi connectivity index (χ1n) is 4.72. The van der Waals surface area contributed by atoms with E-state index in [9.17, 15) is 0 Å². The lowest BCUT2D eigenvalue weighted by atomic mass is 10.1. The third-order valence-electron chi connectivity index (χ3n) is 2.31. The molecule has 0 aliphatic heterocycles. The monoisotopic (exact) mass is 208 g/mol. The van der Waals surface area contributed by atoms with E-state index in [-0.39, 0.29) is 0 Å². The zero-order chi connectivity index (χ0) is 10.3. The van der Waals surface area contributed by atoms with Gasteiger partial charge in [0.2, 0.25) is 0 Å². The first-order valence-corrected chi connectivity index (χ1v) is 5.10. The molecule has 74 valence electrons. The summed E-state index contributed by atoms with van der Waals surface area (Å²) in [7, 11) is 0. The van der Waals surface area contributed by atoms with Crippen LogP contribution in [-0.4, -0.2) is 9.38 Å². The highest BCUT2D eigenvalue weighted by Gasteiger charge is 2.07. The third-order valence-corrected chi connectivity index (χ3v) is 2.64. The average molecular weight is 209 g/mol. The number of hydrogen-bond donors (Lipinski definition) is 0. The Morgan fingerprint density at radius 1 is 1.36 bits per heavy atom. The van der Waals surface area contributed by atoms with Gasteiger partial charge in [0.1, 0.15) is 5.65 Å². The Hall–Kier alpha value is -1.02. The van der Waals surface area contributed by atoms with Crippen LogP contribution in [0.4, 0.5) is 0 Å². The van der Waals surface area contributed by atoms with Gasteiger partial charge >= 0.3 is 0 Å². The molecule has 0 N–H and O–H groups in total. The molecular formula is C11H13ClN2. The summed E-state index contributed by atoms with van der Waals surface area (Å²) in [5, 5.41) is 0.804. The van der Waals surface area contributed by atoms with Gasteiger partial charge in [0, 0.05) is 23.5 Å². The molecule has 2 aromatic rings. The van der Waals surface area contributed by atoms with Crippen LogP contribution < -0.4 is 0 Å². The van der Waals surface area contributed by atoms with Crippen molar-refractivity contribution in [3.63, 3.8) is 0 Å². The van der Waals surface area contributed by atoms with E-state index in [2.05, 4.69) is 25.0 Å². The molecule has 0 atom stereocenters. The van der Waals surface area contributed by atoms with Gasteiger partial charge in [-0.25, -0.2) is 4.98 Å². The first-order chi connectivity index (χ1) is 6.58. The highest BCUT2D eigenvalue weighted by molar-refractivity contribution is 6.31. The van der Waals surface area contributed by atoms with E-state index in [0.29, 0.717) is 5.92 Å². The minimum absolute atomic E-state index is 0.439. The molecule has 0 aromatic carbocycles. The van der Waals surface area contributed by atoms with Crippen molar-refractivity contribution in [3.05, 3.63) is 34.7 Å². The summed E-state index contributed by atoms with van der Waals surface area (Å²) in [4.78, 5) is 4.35. The number of fused-ring (bicyclic) bond motifs is 1. The van der Waals surface area contributed by atoms with Crippen molar-refractivity contribution in [2.24, 2.45) is 0 Å². The van der Waals surface area contributed by atoms with Crippen LogP contribution in [0, 0.1) is 6.92 Å². The van der Waals surface area contributed by atoms with Gasteiger partial charge in [0.05, 0.1) is 5.69 Å².